The number of aromatic nitrogens is 1. The van der Waals surface area contributed by atoms with Crippen molar-refractivity contribution in [3.63, 3.8) is 0 Å². The Labute approximate surface area is 172 Å². The first-order valence-electron chi connectivity index (χ1n) is 10.5. The molecule has 5 nitrogen and oxygen atoms in total. The quantitative estimate of drug-likeness (QED) is 0.702. The van der Waals surface area contributed by atoms with Crippen LogP contribution in [0.4, 0.5) is 4.39 Å². The summed E-state index contributed by atoms with van der Waals surface area (Å²) in [5, 5.41) is 3.03. The second kappa shape index (κ2) is 10.3. The monoisotopic (exact) mass is 399 g/mol. The van der Waals surface area contributed by atoms with Gasteiger partial charge in [-0.25, -0.2) is 4.39 Å². The van der Waals surface area contributed by atoms with Crippen molar-refractivity contribution < 1.29 is 13.9 Å². The molecule has 1 aliphatic rings. The highest BCUT2D eigenvalue weighted by atomic mass is 19.1. The summed E-state index contributed by atoms with van der Waals surface area (Å²) in [6.45, 7) is 7.33. The summed E-state index contributed by atoms with van der Waals surface area (Å²) < 4.78 is 18.7. The third-order valence-electron chi connectivity index (χ3n) is 5.57. The molecule has 1 aromatic heterocycles. The van der Waals surface area contributed by atoms with Crippen molar-refractivity contribution in [1.29, 1.82) is 0 Å². The normalized spacial score (nSPS) is 17.3. The van der Waals surface area contributed by atoms with Crippen LogP contribution in [0.15, 0.2) is 42.6 Å². The van der Waals surface area contributed by atoms with Crippen LogP contribution in [0.2, 0.25) is 0 Å². The van der Waals surface area contributed by atoms with Gasteiger partial charge in [0.1, 0.15) is 23.0 Å². The van der Waals surface area contributed by atoms with Crippen LogP contribution < -0.4 is 10.1 Å². The number of nitrogens with one attached hydrogen (secondary N) is 1. The second-order valence-electron chi connectivity index (χ2n) is 7.62. The summed E-state index contributed by atoms with van der Waals surface area (Å²) in [7, 11) is 0. The molecule has 2 heterocycles. The lowest BCUT2D eigenvalue weighted by Crippen LogP contribution is -2.45. The van der Waals surface area contributed by atoms with E-state index in [1.165, 1.54) is 31.4 Å². The van der Waals surface area contributed by atoms with E-state index in [0.717, 1.165) is 19.5 Å². The van der Waals surface area contributed by atoms with E-state index >= 15 is 0 Å². The Bertz CT molecular complexity index is 793. The van der Waals surface area contributed by atoms with Gasteiger partial charge in [-0.1, -0.05) is 13.8 Å². The summed E-state index contributed by atoms with van der Waals surface area (Å²) in [6.07, 6.45) is 6.19. The fourth-order valence-electron chi connectivity index (χ4n) is 3.97. The molecular formula is C23H30FN3O2. The number of carbonyl (C=O) groups excluding carboxylic acids is 1. The Morgan fingerprint density at radius 2 is 2.00 bits per heavy atom. The minimum Gasteiger partial charge on any atom is -0.457 e. The Morgan fingerprint density at radius 3 is 2.72 bits per heavy atom. The Kier molecular flexibility index (Phi) is 7.58. The van der Waals surface area contributed by atoms with E-state index in [1.54, 1.807) is 30.5 Å². The van der Waals surface area contributed by atoms with E-state index in [1.807, 2.05) is 0 Å². The molecular weight excluding hydrogens is 369 g/mol. The summed E-state index contributed by atoms with van der Waals surface area (Å²) in [5.41, 5.74) is 0.317. The highest BCUT2D eigenvalue weighted by Gasteiger charge is 2.24. The van der Waals surface area contributed by atoms with Crippen LogP contribution in [0.5, 0.6) is 11.5 Å². The number of halogens is 1. The zero-order chi connectivity index (χ0) is 20.6. The van der Waals surface area contributed by atoms with Gasteiger partial charge in [0.25, 0.3) is 5.91 Å². The van der Waals surface area contributed by atoms with Crippen molar-refractivity contribution in [3.8, 4) is 11.5 Å². The number of rotatable bonds is 8. The highest BCUT2D eigenvalue weighted by molar-refractivity contribution is 5.92. The lowest BCUT2D eigenvalue weighted by molar-refractivity contribution is 0.0900. The van der Waals surface area contributed by atoms with Crippen LogP contribution in [0.25, 0.3) is 0 Å². The summed E-state index contributed by atoms with van der Waals surface area (Å²) in [4.78, 5) is 19.3. The third kappa shape index (κ3) is 6.00. The summed E-state index contributed by atoms with van der Waals surface area (Å²) >= 11 is 0. The number of pyridine rings is 1. The van der Waals surface area contributed by atoms with Crippen LogP contribution in [-0.2, 0) is 0 Å². The summed E-state index contributed by atoms with van der Waals surface area (Å²) in [5.74, 6) is 0.945. The molecule has 29 heavy (non-hydrogen) atoms. The molecule has 0 bridgehead atoms. The van der Waals surface area contributed by atoms with Gasteiger partial charge in [-0.15, -0.1) is 0 Å². The fourth-order valence-corrected chi connectivity index (χ4v) is 3.97. The molecule has 1 aliphatic heterocycles. The van der Waals surface area contributed by atoms with Crippen molar-refractivity contribution >= 4 is 5.91 Å². The SMILES string of the molecule is CCC(CC)N1CCC[C@H](CNC(=O)c2cc(Oc3ccc(F)cc3)ccn2)C1. The molecule has 2 aromatic rings. The highest BCUT2D eigenvalue weighted by Crippen LogP contribution is 2.23. The minimum atomic E-state index is -0.322. The number of nitrogens with zero attached hydrogens (tertiary/aromatic N) is 2. The van der Waals surface area contributed by atoms with Crippen molar-refractivity contribution in [2.75, 3.05) is 19.6 Å². The second-order valence-corrected chi connectivity index (χ2v) is 7.62. The molecule has 6 heteroatoms. The maximum Gasteiger partial charge on any atom is 0.270 e. The van der Waals surface area contributed by atoms with E-state index in [9.17, 15) is 9.18 Å². The number of carbonyl (C=O) groups is 1. The van der Waals surface area contributed by atoms with Crippen molar-refractivity contribution in [2.24, 2.45) is 5.92 Å². The van der Waals surface area contributed by atoms with Gasteiger partial charge >= 0.3 is 0 Å². The number of likely N-dealkylation sites (tertiary alicyclic amines) is 1. The maximum atomic E-state index is 13.0. The van der Waals surface area contributed by atoms with Gasteiger partial charge in [0.2, 0.25) is 0 Å². The van der Waals surface area contributed by atoms with Gasteiger partial charge in [0.15, 0.2) is 0 Å². The van der Waals surface area contributed by atoms with Gasteiger partial charge in [-0.05, 0) is 68.5 Å². The average Bonchev–Trinajstić information content (AvgIpc) is 2.75. The van der Waals surface area contributed by atoms with Crippen LogP contribution in [-0.4, -0.2) is 41.5 Å². The number of ether oxygens (including phenoxy) is 1. The predicted octanol–water partition coefficient (Wildman–Crippen LogP) is 4.64. The topological polar surface area (TPSA) is 54.5 Å². The van der Waals surface area contributed by atoms with Crippen LogP contribution in [0.1, 0.15) is 50.0 Å². The van der Waals surface area contributed by atoms with E-state index in [0.29, 0.717) is 35.7 Å². The molecule has 0 aliphatic carbocycles. The number of benzene rings is 1. The molecule has 1 atom stereocenters. The summed E-state index contributed by atoms with van der Waals surface area (Å²) in [6, 6.07) is 9.67. The Balaban J connectivity index is 1.54. The first-order chi connectivity index (χ1) is 14.1. The number of hydrogen-bond donors (Lipinski definition) is 1. The molecule has 0 unspecified atom stereocenters. The zero-order valence-electron chi connectivity index (χ0n) is 17.2. The van der Waals surface area contributed by atoms with Gasteiger partial charge in [-0.3, -0.25) is 9.78 Å². The lowest BCUT2D eigenvalue weighted by atomic mass is 9.95. The van der Waals surface area contributed by atoms with Crippen LogP contribution in [0.3, 0.4) is 0 Å². The van der Waals surface area contributed by atoms with Crippen LogP contribution in [0, 0.1) is 11.7 Å². The maximum absolute atomic E-state index is 13.0. The first kappa shape index (κ1) is 21.2. The van der Waals surface area contributed by atoms with Gasteiger partial charge < -0.3 is 15.0 Å². The molecule has 0 radical (unpaired) electrons. The van der Waals surface area contributed by atoms with Crippen molar-refractivity contribution in [3.05, 3.63) is 54.1 Å². The largest absolute Gasteiger partial charge is 0.457 e. The molecule has 0 saturated carbocycles. The lowest BCUT2D eigenvalue weighted by Gasteiger charge is -2.37. The van der Waals surface area contributed by atoms with Gasteiger partial charge in [0.05, 0.1) is 0 Å². The zero-order valence-corrected chi connectivity index (χ0v) is 17.2. The van der Waals surface area contributed by atoms with E-state index < -0.39 is 0 Å². The smallest absolute Gasteiger partial charge is 0.270 e. The molecule has 1 fully saturated rings. The molecule has 1 aromatic carbocycles. The van der Waals surface area contributed by atoms with E-state index in [2.05, 4.69) is 29.0 Å². The van der Waals surface area contributed by atoms with Crippen molar-refractivity contribution in [1.82, 2.24) is 15.2 Å². The Morgan fingerprint density at radius 1 is 1.24 bits per heavy atom. The average molecular weight is 400 g/mol. The molecule has 0 spiro atoms. The standard InChI is InChI=1S/C23H30FN3O2/c1-3-19(4-2)27-13-5-6-17(16-27)15-26-23(28)22-14-21(11-12-25-22)29-20-9-7-18(24)8-10-20/h7-12,14,17,19H,3-6,13,15-16H2,1-2H3,(H,26,28)/t17-/m1/s1. The molecule has 3 rings (SSSR count). The number of amides is 1. The minimum absolute atomic E-state index is 0.200. The number of piperidine rings is 1. The van der Waals surface area contributed by atoms with Crippen LogP contribution >= 0.6 is 0 Å². The van der Waals surface area contributed by atoms with Crippen molar-refractivity contribution in [2.45, 2.75) is 45.6 Å². The van der Waals surface area contributed by atoms with Gasteiger partial charge in [-0.2, -0.15) is 0 Å². The Hall–Kier alpha value is -2.47. The molecule has 1 amide bonds. The third-order valence-corrected chi connectivity index (χ3v) is 5.57. The molecule has 156 valence electrons. The van der Waals surface area contributed by atoms with E-state index in [4.69, 9.17) is 4.74 Å². The molecule has 1 saturated heterocycles. The fraction of sp³-hybridized carbons (Fsp3) is 0.478. The van der Waals surface area contributed by atoms with Gasteiger partial charge in [0, 0.05) is 31.4 Å². The van der Waals surface area contributed by atoms with E-state index in [-0.39, 0.29) is 11.7 Å². The number of hydrogen-bond acceptors (Lipinski definition) is 4. The molecule has 1 N–H and O–H groups in total. The first-order valence-corrected chi connectivity index (χ1v) is 10.5. The predicted molar refractivity (Wildman–Crippen MR) is 112 cm³/mol.